The molecular formula is C14H24N2O2. The van der Waals surface area contributed by atoms with Crippen LogP contribution in [0.5, 0.6) is 11.5 Å². The molecule has 0 heterocycles. The van der Waals surface area contributed by atoms with Gasteiger partial charge in [0, 0.05) is 18.2 Å². The third-order valence-corrected chi connectivity index (χ3v) is 2.90. The molecule has 0 aliphatic heterocycles. The third-order valence-electron chi connectivity index (χ3n) is 2.90. The molecule has 0 saturated heterocycles. The smallest absolute Gasteiger partial charge is 0.127 e. The summed E-state index contributed by atoms with van der Waals surface area (Å²) >= 11 is 0. The fourth-order valence-electron chi connectivity index (χ4n) is 1.88. The molecule has 0 fully saturated rings. The van der Waals surface area contributed by atoms with E-state index in [-0.39, 0.29) is 0 Å². The van der Waals surface area contributed by atoms with Crippen molar-refractivity contribution in [3.8, 4) is 11.5 Å². The molecule has 0 atom stereocenters. The number of nitrogens with one attached hydrogen (secondary N) is 1. The summed E-state index contributed by atoms with van der Waals surface area (Å²) in [4.78, 5) is 2.29. The van der Waals surface area contributed by atoms with Crippen molar-refractivity contribution in [2.45, 2.75) is 13.0 Å². The Labute approximate surface area is 110 Å². The molecule has 0 unspecified atom stereocenters. The summed E-state index contributed by atoms with van der Waals surface area (Å²) in [7, 11) is 7.46. The van der Waals surface area contributed by atoms with Gasteiger partial charge in [0.25, 0.3) is 0 Å². The molecule has 0 aromatic heterocycles. The molecule has 0 radical (unpaired) electrons. The van der Waals surface area contributed by atoms with Crippen molar-refractivity contribution in [3.05, 3.63) is 23.8 Å². The summed E-state index contributed by atoms with van der Waals surface area (Å²) in [5.74, 6) is 1.71. The number of ether oxygens (including phenoxy) is 2. The average molecular weight is 252 g/mol. The van der Waals surface area contributed by atoms with Gasteiger partial charge in [-0.3, -0.25) is 0 Å². The Bertz CT molecular complexity index is 356. The molecule has 0 aliphatic carbocycles. The van der Waals surface area contributed by atoms with Crippen LogP contribution in [0.15, 0.2) is 18.2 Å². The SMILES string of the molecule is CNCCCN(C)Cc1ccc(OC)cc1OC. The van der Waals surface area contributed by atoms with Crippen LogP contribution < -0.4 is 14.8 Å². The van der Waals surface area contributed by atoms with Crippen LogP contribution in [0, 0.1) is 0 Å². The van der Waals surface area contributed by atoms with E-state index in [2.05, 4.69) is 23.3 Å². The highest BCUT2D eigenvalue weighted by Crippen LogP contribution is 2.25. The molecule has 0 amide bonds. The maximum Gasteiger partial charge on any atom is 0.127 e. The monoisotopic (exact) mass is 252 g/mol. The molecule has 0 saturated carbocycles. The predicted octanol–water partition coefficient (Wildman–Crippen LogP) is 1.75. The van der Waals surface area contributed by atoms with Gasteiger partial charge in [-0.05, 0) is 39.7 Å². The molecule has 102 valence electrons. The lowest BCUT2D eigenvalue weighted by Gasteiger charge is -2.18. The first-order chi connectivity index (χ1) is 8.71. The van der Waals surface area contributed by atoms with Gasteiger partial charge in [-0.25, -0.2) is 0 Å². The van der Waals surface area contributed by atoms with Gasteiger partial charge in [0.2, 0.25) is 0 Å². The van der Waals surface area contributed by atoms with Crippen LogP contribution in [0.2, 0.25) is 0 Å². The summed E-state index contributed by atoms with van der Waals surface area (Å²) in [6.45, 7) is 3.00. The highest BCUT2D eigenvalue weighted by molar-refractivity contribution is 5.40. The second-order valence-electron chi connectivity index (χ2n) is 4.37. The average Bonchev–Trinajstić information content (AvgIpc) is 2.39. The third kappa shape index (κ3) is 4.55. The van der Waals surface area contributed by atoms with E-state index < -0.39 is 0 Å². The Morgan fingerprint density at radius 1 is 1.22 bits per heavy atom. The van der Waals surface area contributed by atoms with Crippen molar-refractivity contribution in [3.63, 3.8) is 0 Å². The Morgan fingerprint density at radius 3 is 2.61 bits per heavy atom. The molecule has 18 heavy (non-hydrogen) atoms. The van der Waals surface area contributed by atoms with Crippen LogP contribution in [0.25, 0.3) is 0 Å². The number of hydrogen-bond donors (Lipinski definition) is 1. The molecule has 0 bridgehead atoms. The number of rotatable bonds is 8. The molecular weight excluding hydrogens is 228 g/mol. The molecule has 1 rings (SSSR count). The van der Waals surface area contributed by atoms with Crippen molar-refractivity contribution in [1.82, 2.24) is 10.2 Å². The fraction of sp³-hybridized carbons (Fsp3) is 0.571. The second-order valence-corrected chi connectivity index (χ2v) is 4.37. The minimum Gasteiger partial charge on any atom is -0.497 e. The minimum atomic E-state index is 0.827. The summed E-state index contributed by atoms with van der Waals surface area (Å²) < 4.78 is 10.6. The molecule has 0 aliphatic rings. The maximum absolute atomic E-state index is 5.40. The van der Waals surface area contributed by atoms with Crippen molar-refractivity contribution in [1.29, 1.82) is 0 Å². The Kier molecular flexibility index (Phi) is 6.54. The van der Waals surface area contributed by atoms with Crippen LogP contribution in [0.4, 0.5) is 0 Å². The summed E-state index contributed by atoms with van der Waals surface area (Å²) in [5.41, 5.74) is 1.19. The van der Waals surface area contributed by atoms with Crippen LogP contribution in [-0.4, -0.2) is 46.3 Å². The maximum atomic E-state index is 5.40. The largest absolute Gasteiger partial charge is 0.497 e. The van der Waals surface area contributed by atoms with Crippen LogP contribution in [0.3, 0.4) is 0 Å². The van der Waals surface area contributed by atoms with E-state index in [0.29, 0.717) is 0 Å². The van der Waals surface area contributed by atoms with Gasteiger partial charge in [-0.15, -0.1) is 0 Å². The van der Waals surface area contributed by atoms with Crippen molar-refractivity contribution < 1.29 is 9.47 Å². The van der Waals surface area contributed by atoms with Gasteiger partial charge < -0.3 is 19.7 Å². The first-order valence-electron chi connectivity index (χ1n) is 6.25. The number of nitrogens with zero attached hydrogens (tertiary/aromatic N) is 1. The van der Waals surface area contributed by atoms with E-state index in [0.717, 1.165) is 37.6 Å². The topological polar surface area (TPSA) is 33.7 Å². The molecule has 4 nitrogen and oxygen atoms in total. The van der Waals surface area contributed by atoms with Gasteiger partial charge >= 0.3 is 0 Å². The van der Waals surface area contributed by atoms with E-state index in [1.165, 1.54) is 5.56 Å². The minimum absolute atomic E-state index is 0.827. The van der Waals surface area contributed by atoms with Crippen LogP contribution >= 0.6 is 0 Å². The summed E-state index contributed by atoms with van der Waals surface area (Å²) in [6.07, 6.45) is 1.14. The van der Waals surface area contributed by atoms with E-state index in [1.807, 2.05) is 19.2 Å². The van der Waals surface area contributed by atoms with Gasteiger partial charge in [0.1, 0.15) is 11.5 Å². The standard InChI is InChI=1S/C14H24N2O2/c1-15-8-5-9-16(2)11-12-6-7-13(17-3)10-14(12)18-4/h6-7,10,15H,5,8-9,11H2,1-4H3. The lowest BCUT2D eigenvalue weighted by molar-refractivity contribution is 0.311. The molecule has 1 aromatic rings. The Morgan fingerprint density at radius 2 is 2.00 bits per heavy atom. The summed E-state index contributed by atoms with van der Waals surface area (Å²) in [6, 6.07) is 5.96. The zero-order valence-corrected chi connectivity index (χ0v) is 11.8. The highest BCUT2D eigenvalue weighted by Gasteiger charge is 2.07. The van der Waals surface area contributed by atoms with Gasteiger partial charge in [-0.1, -0.05) is 6.07 Å². The number of benzene rings is 1. The van der Waals surface area contributed by atoms with Crippen molar-refractivity contribution >= 4 is 0 Å². The van der Waals surface area contributed by atoms with Gasteiger partial charge in [0.05, 0.1) is 14.2 Å². The van der Waals surface area contributed by atoms with Crippen molar-refractivity contribution in [2.24, 2.45) is 0 Å². The van der Waals surface area contributed by atoms with Crippen LogP contribution in [0.1, 0.15) is 12.0 Å². The molecule has 1 aromatic carbocycles. The van der Waals surface area contributed by atoms with Crippen molar-refractivity contribution in [2.75, 3.05) is 41.4 Å². The predicted molar refractivity (Wildman–Crippen MR) is 74.4 cm³/mol. The number of methoxy groups -OCH3 is 2. The normalized spacial score (nSPS) is 10.7. The first-order valence-corrected chi connectivity index (χ1v) is 6.25. The van der Waals surface area contributed by atoms with Gasteiger partial charge in [-0.2, -0.15) is 0 Å². The Balaban J connectivity index is 2.60. The molecule has 0 spiro atoms. The Hall–Kier alpha value is -1.26. The van der Waals surface area contributed by atoms with E-state index in [9.17, 15) is 0 Å². The van der Waals surface area contributed by atoms with Crippen LogP contribution in [-0.2, 0) is 6.54 Å². The van der Waals surface area contributed by atoms with Gasteiger partial charge in [0.15, 0.2) is 0 Å². The lowest BCUT2D eigenvalue weighted by atomic mass is 10.1. The lowest BCUT2D eigenvalue weighted by Crippen LogP contribution is -2.22. The molecule has 4 heteroatoms. The second kappa shape index (κ2) is 7.95. The van der Waals surface area contributed by atoms with E-state index in [4.69, 9.17) is 9.47 Å². The zero-order valence-electron chi connectivity index (χ0n) is 11.8. The molecule has 1 N–H and O–H groups in total. The quantitative estimate of drug-likeness (QED) is 0.715. The first kappa shape index (κ1) is 14.8. The summed E-state index contributed by atoms with van der Waals surface area (Å²) in [5, 5.41) is 3.16. The highest BCUT2D eigenvalue weighted by atomic mass is 16.5. The fourth-order valence-corrected chi connectivity index (χ4v) is 1.88. The van der Waals surface area contributed by atoms with E-state index >= 15 is 0 Å². The zero-order chi connectivity index (χ0) is 13.4. The van der Waals surface area contributed by atoms with E-state index in [1.54, 1.807) is 14.2 Å². The number of hydrogen-bond acceptors (Lipinski definition) is 4.